The Labute approximate surface area is 117 Å². The molecule has 0 amide bonds. The molecule has 112 valence electrons. The van der Waals surface area contributed by atoms with Crippen LogP contribution in [0.15, 0.2) is 23.4 Å². The van der Waals surface area contributed by atoms with Crippen LogP contribution >= 0.6 is 0 Å². The van der Waals surface area contributed by atoms with Crippen LogP contribution in [0.5, 0.6) is 0 Å². The smallest absolute Gasteiger partial charge is 0.390 e. The Morgan fingerprint density at radius 1 is 1.15 bits per heavy atom. The first-order valence-corrected chi connectivity index (χ1v) is 6.20. The quantitative estimate of drug-likeness (QED) is 0.614. The van der Waals surface area contributed by atoms with Gasteiger partial charge in [-0.1, -0.05) is 0 Å². The van der Waals surface area contributed by atoms with Crippen molar-refractivity contribution in [3.05, 3.63) is 23.4 Å². The zero-order valence-electron chi connectivity index (χ0n) is 11.7. The second kappa shape index (κ2) is 7.18. The van der Waals surface area contributed by atoms with E-state index in [1.165, 1.54) is 6.08 Å². The highest BCUT2D eigenvalue weighted by atomic mass is 16.5. The number of carboxylic acids is 2. The minimum atomic E-state index is -1.12. The van der Waals surface area contributed by atoms with Crippen molar-refractivity contribution in [2.24, 2.45) is 0 Å². The van der Waals surface area contributed by atoms with E-state index in [-0.39, 0.29) is 15.8 Å². The number of rotatable bonds is 8. The topological polar surface area (TPSA) is 93.1 Å². The normalized spacial score (nSPS) is 17.3. The van der Waals surface area contributed by atoms with E-state index in [1.54, 1.807) is 20.3 Å². The summed E-state index contributed by atoms with van der Waals surface area (Å²) in [5.74, 6) is -2.25. The fourth-order valence-corrected chi connectivity index (χ4v) is 2.20. The third kappa shape index (κ3) is 3.66. The second-order valence-corrected chi connectivity index (χ2v) is 4.56. The Kier molecular flexibility index (Phi) is 5.87. The third-order valence-electron chi connectivity index (χ3n) is 3.38. The summed E-state index contributed by atoms with van der Waals surface area (Å²) in [6.07, 6.45) is 2.76. The van der Waals surface area contributed by atoms with E-state index in [0.717, 1.165) is 0 Å². The molecule has 0 saturated carbocycles. The molecule has 1 heterocycles. The molecule has 7 heteroatoms. The molecule has 0 atom stereocenters. The van der Waals surface area contributed by atoms with Crippen molar-refractivity contribution in [2.75, 3.05) is 47.1 Å². The lowest BCUT2D eigenvalue weighted by molar-refractivity contribution is -0.884. The molecule has 7 nitrogen and oxygen atoms in total. The van der Waals surface area contributed by atoms with Crippen LogP contribution in [0, 0.1) is 0 Å². The molecule has 0 aromatic carbocycles. The molecule has 2 N–H and O–H groups in total. The number of methoxy groups -OCH3 is 2. The highest BCUT2D eigenvalue weighted by Crippen LogP contribution is 2.25. The number of hydrogen-bond donors (Lipinski definition) is 2. The summed E-state index contributed by atoms with van der Waals surface area (Å²) in [6.45, 7) is 1.95. The van der Waals surface area contributed by atoms with E-state index in [0.29, 0.717) is 32.8 Å². The van der Waals surface area contributed by atoms with Crippen molar-refractivity contribution in [3.8, 4) is 0 Å². The third-order valence-corrected chi connectivity index (χ3v) is 3.38. The summed E-state index contributed by atoms with van der Waals surface area (Å²) in [4.78, 5) is 22.5. The highest BCUT2D eigenvalue weighted by molar-refractivity contribution is 5.94. The molecule has 1 aliphatic heterocycles. The first-order chi connectivity index (χ1) is 9.46. The molecular formula is C13H20NO6+. The maximum Gasteiger partial charge on any atom is 0.390 e. The molecular weight excluding hydrogens is 266 g/mol. The van der Waals surface area contributed by atoms with Crippen LogP contribution in [0.4, 0.5) is 0 Å². The maximum atomic E-state index is 11.5. The van der Waals surface area contributed by atoms with E-state index >= 15 is 0 Å². The van der Waals surface area contributed by atoms with Gasteiger partial charge in [-0.2, -0.15) is 0 Å². The highest BCUT2D eigenvalue weighted by Gasteiger charge is 2.39. The van der Waals surface area contributed by atoms with Crippen LogP contribution in [0.3, 0.4) is 0 Å². The molecule has 0 fully saturated rings. The van der Waals surface area contributed by atoms with Gasteiger partial charge >= 0.3 is 11.9 Å². The van der Waals surface area contributed by atoms with Gasteiger partial charge < -0.3 is 19.7 Å². The van der Waals surface area contributed by atoms with Crippen LogP contribution in [0.1, 0.15) is 0 Å². The van der Waals surface area contributed by atoms with Crippen molar-refractivity contribution < 1.29 is 33.8 Å². The molecule has 1 rings (SSSR count). The molecule has 1 aliphatic rings. The number of carboxylic acid groups (broad SMARTS) is 2. The van der Waals surface area contributed by atoms with Crippen LogP contribution in [0.2, 0.25) is 0 Å². The number of hydrogen-bond acceptors (Lipinski definition) is 4. The zero-order chi connectivity index (χ0) is 15.2. The predicted molar refractivity (Wildman–Crippen MR) is 70.1 cm³/mol. The maximum absolute atomic E-state index is 11.5. The van der Waals surface area contributed by atoms with Gasteiger partial charge in [-0.05, 0) is 6.08 Å². The molecule has 20 heavy (non-hydrogen) atoms. The van der Waals surface area contributed by atoms with Crippen LogP contribution in [-0.2, 0) is 19.1 Å². The van der Waals surface area contributed by atoms with Gasteiger partial charge in [0.25, 0.3) is 0 Å². The largest absolute Gasteiger partial charge is 0.478 e. The van der Waals surface area contributed by atoms with Crippen molar-refractivity contribution >= 4 is 11.9 Å². The molecule has 0 spiro atoms. The number of ether oxygens (including phenoxy) is 2. The van der Waals surface area contributed by atoms with Crippen molar-refractivity contribution in [1.29, 1.82) is 0 Å². The number of aliphatic carboxylic acids is 2. The molecule has 0 saturated heterocycles. The van der Waals surface area contributed by atoms with Crippen LogP contribution < -0.4 is 0 Å². The minimum absolute atomic E-state index is 0.00554. The Hall–Kier alpha value is -1.70. The van der Waals surface area contributed by atoms with Crippen LogP contribution in [0.25, 0.3) is 0 Å². The van der Waals surface area contributed by atoms with Gasteiger partial charge in [-0.25, -0.2) is 9.59 Å². The summed E-state index contributed by atoms with van der Waals surface area (Å²) < 4.78 is 10.2. The fourth-order valence-electron chi connectivity index (χ4n) is 2.20. The molecule has 0 aromatic heterocycles. The number of quaternary nitrogens is 1. The van der Waals surface area contributed by atoms with E-state index in [2.05, 4.69) is 0 Å². The lowest BCUT2D eigenvalue weighted by atomic mass is 10.1. The van der Waals surface area contributed by atoms with Crippen molar-refractivity contribution in [1.82, 2.24) is 0 Å². The average Bonchev–Trinajstić information content (AvgIpc) is 2.42. The monoisotopic (exact) mass is 286 g/mol. The van der Waals surface area contributed by atoms with E-state index in [9.17, 15) is 14.7 Å². The second-order valence-electron chi connectivity index (χ2n) is 4.56. The standard InChI is InChI=1S/C13H19NO6/c1-19-7-5-14(6-8-20-2)4-3-10(12(15)16)9-11(14)13(17)18/h3,9H,4-8H2,1-2H3,(H-,15,16,17,18)/p+1. The van der Waals surface area contributed by atoms with Gasteiger partial charge in [0, 0.05) is 20.3 Å². The molecule has 0 aliphatic carbocycles. The van der Waals surface area contributed by atoms with Gasteiger partial charge in [-0.15, -0.1) is 0 Å². The summed E-state index contributed by atoms with van der Waals surface area (Å²) in [5, 5.41) is 18.4. The minimum Gasteiger partial charge on any atom is -0.478 e. The lowest BCUT2D eigenvalue weighted by Gasteiger charge is -2.38. The summed E-state index contributed by atoms with van der Waals surface area (Å²) in [6, 6.07) is 0. The van der Waals surface area contributed by atoms with E-state index in [4.69, 9.17) is 14.6 Å². The van der Waals surface area contributed by atoms with E-state index in [1.807, 2.05) is 0 Å². The number of nitrogens with zero attached hydrogens (tertiary/aromatic N) is 1. The zero-order valence-corrected chi connectivity index (χ0v) is 11.7. The van der Waals surface area contributed by atoms with Gasteiger partial charge in [-0.3, -0.25) is 4.48 Å². The van der Waals surface area contributed by atoms with Crippen molar-refractivity contribution in [2.45, 2.75) is 0 Å². The Balaban J connectivity index is 3.12. The number of carbonyl (C=O) groups is 2. The first kappa shape index (κ1) is 16.4. The summed E-state index contributed by atoms with van der Waals surface area (Å²) in [7, 11) is 3.08. The van der Waals surface area contributed by atoms with Gasteiger partial charge in [0.2, 0.25) is 5.70 Å². The molecule has 0 aromatic rings. The van der Waals surface area contributed by atoms with Crippen LogP contribution in [-0.4, -0.2) is 73.7 Å². The van der Waals surface area contributed by atoms with Crippen molar-refractivity contribution in [3.63, 3.8) is 0 Å². The molecule has 0 unspecified atom stereocenters. The summed E-state index contributed by atoms with van der Waals surface area (Å²) >= 11 is 0. The average molecular weight is 286 g/mol. The Morgan fingerprint density at radius 3 is 2.10 bits per heavy atom. The molecule has 0 radical (unpaired) electrons. The summed E-state index contributed by atoms with van der Waals surface area (Å²) in [5.41, 5.74) is 0.0602. The van der Waals surface area contributed by atoms with Gasteiger partial charge in [0.05, 0.1) is 18.8 Å². The Bertz CT molecular complexity index is 432. The van der Waals surface area contributed by atoms with Gasteiger partial charge in [0.1, 0.15) is 19.6 Å². The first-order valence-electron chi connectivity index (χ1n) is 6.20. The predicted octanol–water partition coefficient (Wildman–Crippen LogP) is 0.0891. The van der Waals surface area contributed by atoms with E-state index < -0.39 is 11.9 Å². The van der Waals surface area contributed by atoms with Gasteiger partial charge in [0.15, 0.2) is 0 Å². The SMILES string of the molecule is COCC[N+]1(CCOC)CC=C(C(=O)O)C=C1C(=O)O. The lowest BCUT2D eigenvalue weighted by Crippen LogP contribution is -2.54. The fraction of sp³-hybridized carbons (Fsp3) is 0.538. The Morgan fingerprint density at radius 2 is 1.70 bits per heavy atom. The molecule has 0 bridgehead atoms.